The van der Waals surface area contributed by atoms with Crippen LogP contribution in [0.1, 0.15) is 37.3 Å². The smallest absolute Gasteiger partial charge is 0.244 e. The van der Waals surface area contributed by atoms with E-state index >= 15 is 0 Å². The molecule has 4 nitrogen and oxygen atoms in total. The van der Waals surface area contributed by atoms with E-state index in [0.29, 0.717) is 17.0 Å². The predicted octanol–water partition coefficient (Wildman–Crippen LogP) is 1.87. The van der Waals surface area contributed by atoms with Crippen LogP contribution in [0.5, 0.6) is 0 Å². The molecule has 0 spiro atoms. The summed E-state index contributed by atoms with van der Waals surface area (Å²) in [4.78, 5) is 0.300. The summed E-state index contributed by atoms with van der Waals surface area (Å²) in [6.45, 7) is 4.70. The molecule has 0 atom stereocenters. The van der Waals surface area contributed by atoms with Crippen LogP contribution in [0, 0.1) is 18.8 Å². The van der Waals surface area contributed by atoms with Gasteiger partial charge in [0.2, 0.25) is 10.0 Å². The van der Waals surface area contributed by atoms with Crippen molar-refractivity contribution < 1.29 is 8.42 Å². The van der Waals surface area contributed by atoms with Gasteiger partial charge in [0.05, 0.1) is 11.4 Å². The number of nitrogens with two attached hydrogens (primary N) is 1. The van der Waals surface area contributed by atoms with Gasteiger partial charge in [0, 0.05) is 18.2 Å². The van der Waals surface area contributed by atoms with Gasteiger partial charge in [-0.1, -0.05) is 24.8 Å². The zero-order chi connectivity index (χ0) is 15.5. The van der Waals surface area contributed by atoms with Gasteiger partial charge in [0.25, 0.3) is 0 Å². The van der Waals surface area contributed by atoms with Crippen LogP contribution in [0.3, 0.4) is 0 Å². The maximum absolute atomic E-state index is 12.9. The number of rotatable bonds is 5. The summed E-state index contributed by atoms with van der Waals surface area (Å²) in [6.07, 6.45) is 2.72. The number of hydrogen-bond acceptors (Lipinski definition) is 3. The number of benzene rings is 1. The molecule has 0 saturated heterocycles. The van der Waals surface area contributed by atoms with Crippen LogP contribution in [-0.4, -0.2) is 31.9 Å². The lowest BCUT2D eigenvalue weighted by Gasteiger charge is -2.22. The van der Waals surface area contributed by atoms with Gasteiger partial charge < -0.3 is 5.73 Å². The number of sulfonamides is 1. The van der Waals surface area contributed by atoms with Crippen LogP contribution in [0.15, 0.2) is 23.1 Å². The minimum atomic E-state index is -3.49. The van der Waals surface area contributed by atoms with E-state index in [1.54, 1.807) is 10.4 Å². The van der Waals surface area contributed by atoms with Gasteiger partial charge in [0.15, 0.2) is 0 Å². The van der Waals surface area contributed by atoms with Crippen molar-refractivity contribution in [1.29, 1.82) is 0 Å². The van der Waals surface area contributed by atoms with Crippen molar-refractivity contribution in [1.82, 2.24) is 4.31 Å². The van der Waals surface area contributed by atoms with E-state index in [1.165, 1.54) is 0 Å². The van der Waals surface area contributed by atoms with Crippen molar-refractivity contribution >= 4 is 10.0 Å². The number of nitrogens with zero attached hydrogens (tertiary/aromatic N) is 1. The Labute approximate surface area is 127 Å². The minimum absolute atomic E-state index is 0.159. The lowest BCUT2D eigenvalue weighted by atomic mass is 10.1. The topological polar surface area (TPSA) is 63.4 Å². The highest BCUT2D eigenvalue weighted by Crippen LogP contribution is 2.33. The Balaban J connectivity index is 2.47. The van der Waals surface area contributed by atoms with Gasteiger partial charge in [-0.05, 0) is 43.9 Å². The molecular weight excluding hydrogens is 284 g/mol. The van der Waals surface area contributed by atoms with Crippen LogP contribution in [0.2, 0.25) is 0 Å². The van der Waals surface area contributed by atoms with Crippen molar-refractivity contribution in [2.24, 2.45) is 5.73 Å². The van der Waals surface area contributed by atoms with Gasteiger partial charge in [-0.2, -0.15) is 4.31 Å². The van der Waals surface area contributed by atoms with Crippen molar-refractivity contribution in [2.75, 3.05) is 13.1 Å². The van der Waals surface area contributed by atoms with Gasteiger partial charge in [-0.15, -0.1) is 0 Å². The third kappa shape index (κ3) is 3.65. The highest BCUT2D eigenvalue weighted by molar-refractivity contribution is 7.89. The summed E-state index contributed by atoms with van der Waals surface area (Å²) >= 11 is 0. The average molecular weight is 306 g/mol. The molecule has 5 heteroatoms. The molecule has 0 unspecified atom stereocenters. The normalized spacial score (nSPS) is 14.9. The zero-order valence-electron chi connectivity index (χ0n) is 12.6. The molecule has 0 aliphatic heterocycles. The molecule has 2 N–H and O–H groups in total. The Morgan fingerprint density at radius 1 is 1.38 bits per heavy atom. The monoisotopic (exact) mass is 306 g/mol. The first kappa shape index (κ1) is 16.0. The summed E-state index contributed by atoms with van der Waals surface area (Å²) in [5, 5.41) is 0. The van der Waals surface area contributed by atoms with E-state index in [1.807, 2.05) is 26.0 Å². The van der Waals surface area contributed by atoms with Gasteiger partial charge >= 0.3 is 0 Å². The fourth-order valence-electron chi connectivity index (χ4n) is 2.32. The molecule has 114 valence electrons. The zero-order valence-corrected chi connectivity index (χ0v) is 13.4. The van der Waals surface area contributed by atoms with E-state index < -0.39 is 10.0 Å². The Morgan fingerprint density at radius 2 is 2.10 bits per heavy atom. The Kier molecular flexibility index (Phi) is 5.04. The maximum Gasteiger partial charge on any atom is 0.244 e. The van der Waals surface area contributed by atoms with E-state index in [4.69, 9.17) is 5.73 Å². The highest BCUT2D eigenvalue weighted by atomic mass is 32.2. The van der Waals surface area contributed by atoms with Crippen LogP contribution >= 0.6 is 0 Å². The summed E-state index contributed by atoms with van der Waals surface area (Å²) in [5.74, 6) is 5.65. The summed E-state index contributed by atoms with van der Waals surface area (Å²) in [5.41, 5.74) is 6.94. The largest absolute Gasteiger partial charge is 0.320 e. The van der Waals surface area contributed by atoms with Gasteiger partial charge in [-0.3, -0.25) is 0 Å². The molecule has 0 radical (unpaired) electrons. The summed E-state index contributed by atoms with van der Waals surface area (Å²) < 4.78 is 27.5. The van der Waals surface area contributed by atoms with Gasteiger partial charge in [0.1, 0.15) is 0 Å². The first-order chi connectivity index (χ1) is 10.0. The van der Waals surface area contributed by atoms with Crippen molar-refractivity contribution in [3.8, 4) is 11.8 Å². The third-order valence-electron chi connectivity index (χ3n) is 3.44. The first-order valence-electron chi connectivity index (χ1n) is 7.32. The molecule has 0 heterocycles. The molecule has 1 aromatic rings. The lowest BCUT2D eigenvalue weighted by molar-refractivity contribution is 0.403. The minimum Gasteiger partial charge on any atom is -0.320 e. The Hall–Kier alpha value is -1.35. The lowest BCUT2D eigenvalue weighted by Crippen LogP contribution is -2.34. The van der Waals surface area contributed by atoms with E-state index in [0.717, 1.165) is 24.8 Å². The molecule has 1 saturated carbocycles. The van der Waals surface area contributed by atoms with E-state index in [9.17, 15) is 8.42 Å². The Bertz CT molecular complexity index is 667. The third-order valence-corrected chi connectivity index (χ3v) is 5.45. The summed E-state index contributed by atoms with van der Waals surface area (Å²) in [7, 11) is -3.49. The second kappa shape index (κ2) is 6.61. The second-order valence-electron chi connectivity index (χ2n) is 5.35. The molecule has 1 aromatic carbocycles. The van der Waals surface area contributed by atoms with Crippen molar-refractivity contribution in [2.45, 2.75) is 44.0 Å². The van der Waals surface area contributed by atoms with E-state index in [2.05, 4.69) is 11.8 Å². The van der Waals surface area contributed by atoms with Crippen molar-refractivity contribution in [3.05, 3.63) is 29.3 Å². The van der Waals surface area contributed by atoms with E-state index in [-0.39, 0.29) is 12.6 Å². The van der Waals surface area contributed by atoms with Crippen LogP contribution in [-0.2, 0) is 10.0 Å². The van der Waals surface area contributed by atoms with Gasteiger partial charge in [-0.25, -0.2) is 8.42 Å². The molecule has 0 aromatic heterocycles. The second-order valence-corrected chi connectivity index (χ2v) is 7.21. The molecule has 1 fully saturated rings. The average Bonchev–Trinajstić information content (AvgIpc) is 3.26. The van der Waals surface area contributed by atoms with Crippen LogP contribution in [0.25, 0.3) is 0 Å². The number of aryl methyl sites for hydroxylation is 1. The SMILES string of the molecule is CCCN(C1CC1)S(=O)(=O)c1ccc(C)cc1C#CCN. The first-order valence-corrected chi connectivity index (χ1v) is 8.76. The Morgan fingerprint density at radius 3 is 2.67 bits per heavy atom. The van der Waals surface area contributed by atoms with Crippen LogP contribution < -0.4 is 5.73 Å². The standard InChI is InChI=1S/C16H22N2O2S/c1-3-11-18(15-7-8-15)21(19,20)16-9-6-13(2)12-14(16)5-4-10-17/h6,9,12,15H,3,7-8,10-11,17H2,1-2H3. The highest BCUT2D eigenvalue weighted by Gasteiger charge is 2.38. The molecule has 0 bridgehead atoms. The summed E-state index contributed by atoms with van der Waals surface area (Å²) in [6, 6.07) is 5.45. The fourth-order valence-corrected chi connectivity index (χ4v) is 4.23. The molecular formula is C16H22N2O2S. The quantitative estimate of drug-likeness (QED) is 0.845. The number of hydrogen-bond donors (Lipinski definition) is 1. The maximum atomic E-state index is 12.9. The molecule has 1 aliphatic carbocycles. The fraction of sp³-hybridized carbons (Fsp3) is 0.500. The van der Waals surface area contributed by atoms with Crippen LogP contribution in [0.4, 0.5) is 0 Å². The molecule has 0 amide bonds. The molecule has 2 rings (SSSR count). The molecule has 21 heavy (non-hydrogen) atoms. The van der Waals surface area contributed by atoms with Crippen molar-refractivity contribution in [3.63, 3.8) is 0 Å². The predicted molar refractivity (Wildman–Crippen MR) is 84.3 cm³/mol. The molecule has 1 aliphatic rings.